The Bertz CT molecular complexity index is 779. The van der Waals surface area contributed by atoms with Crippen molar-refractivity contribution in [1.82, 2.24) is 20.8 Å². The number of aliphatic imine (C=N–C) groups is 1. The monoisotopic (exact) mass is 517 g/mol. The Morgan fingerprint density at radius 1 is 1.21 bits per heavy atom. The normalized spacial score (nSPS) is 12.4. The summed E-state index contributed by atoms with van der Waals surface area (Å²) in [5.74, 6) is 2.53. The van der Waals surface area contributed by atoms with Crippen LogP contribution in [-0.4, -0.2) is 35.9 Å². The summed E-state index contributed by atoms with van der Waals surface area (Å²) in [5.41, 5.74) is 2.23. The van der Waals surface area contributed by atoms with E-state index < -0.39 is 0 Å². The average molecular weight is 517 g/mol. The molecule has 2 N–H and O–H groups in total. The summed E-state index contributed by atoms with van der Waals surface area (Å²) >= 11 is 0. The van der Waals surface area contributed by atoms with Gasteiger partial charge < -0.3 is 24.6 Å². The second-order valence-corrected chi connectivity index (χ2v) is 6.70. The molecule has 1 atom stereocenters. The van der Waals surface area contributed by atoms with Crippen LogP contribution in [0.25, 0.3) is 0 Å². The topological polar surface area (TPSA) is 93.8 Å². The first kappa shape index (κ1) is 25.2. The molecule has 162 valence electrons. The molecule has 0 spiro atoms. The number of benzene rings is 1. The summed E-state index contributed by atoms with van der Waals surface area (Å²) < 4.78 is 16.6. The minimum atomic E-state index is -0.194. The minimum Gasteiger partial charge on any atom is -0.491 e. The molecule has 9 heteroatoms. The first-order valence-electron chi connectivity index (χ1n) is 9.57. The molecule has 0 saturated heterocycles. The van der Waals surface area contributed by atoms with Gasteiger partial charge in [0.25, 0.3) is 0 Å². The van der Waals surface area contributed by atoms with Crippen molar-refractivity contribution in [3.05, 3.63) is 41.0 Å². The predicted molar refractivity (Wildman–Crippen MR) is 124 cm³/mol. The Balaban J connectivity index is 0.00000420. The summed E-state index contributed by atoms with van der Waals surface area (Å²) in [5, 5.41) is 10.4. The number of ether oxygens (including phenoxy) is 2. The third-order valence-electron chi connectivity index (χ3n) is 3.93. The van der Waals surface area contributed by atoms with Gasteiger partial charge in [0.15, 0.2) is 11.8 Å². The van der Waals surface area contributed by atoms with E-state index in [1.807, 2.05) is 33.8 Å². The molecule has 0 aliphatic rings. The molecule has 8 nitrogen and oxygen atoms in total. The highest BCUT2D eigenvalue weighted by atomic mass is 127. The van der Waals surface area contributed by atoms with Gasteiger partial charge in [0, 0.05) is 25.8 Å². The van der Waals surface area contributed by atoms with E-state index in [9.17, 15) is 0 Å². The van der Waals surface area contributed by atoms with Crippen LogP contribution in [0, 0.1) is 6.92 Å². The fourth-order valence-electron chi connectivity index (χ4n) is 2.56. The van der Waals surface area contributed by atoms with Crippen molar-refractivity contribution in [3.63, 3.8) is 0 Å². The Labute approximate surface area is 189 Å². The van der Waals surface area contributed by atoms with Gasteiger partial charge in [-0.05, 0) is 46.2 Å². The number of hydrogen-bond donors (Lipinski definition) is 2. The highest BCUT2D eigenvalue weighted by Gasteiger charge is 2.14. The highest BCUT2D eigenvalue weighted by Crippen LogP contribution is 2.21. The number of aromatic nitrogens is 2. The molecule has 0 amide bonds. The number of hydrogen-bond acceptors (Lipinski definition) is 6. The van der Waals surface area contributed by atoms with E-state index in [1.54, 1.807) is 7.05 Å². The highest BCUT2D eigenvalue weighted by molar-refractivity contribution is 14.0. The SMILES string of the molecule is CCOC(C)c1noc(CNC(=NC)NCc2ccc(C)cc2OC(C)C)n1.I. The van der Waals surface area contributed by atoms with Crippen LogP contribution >= 0.6 is 24.0 Å². The number of nitrogens with zero attached hydrogens (tertiary/aromatic N) is 3. The van der Waals surface area contributed by atoms with Gasteiger partial charge in [-0.2, -0.15) is 4.98 Å². The van der Waals surface area contributed by atoms with Gasteiger partial charge in [0.05, 0.1) is 12.6 Å². The average Bonchev–Trinajstić information content (AvgIpc) is 3.12. The van der Waals surface area contributed by atoms with Gasteiger partial charge in [-0.25, -0.2) is 0 Å². The number of guanidine groups is 1. The Morgan fingerprint density at radius 2 is 1.93 bits per heavy atom. The van der Waals surface area contributed by atoms with E-state index in [1.165, 1.54) is 0 Å². The van der Waals surface area contributed by atoms with E-state index in [4.69, 9.17) is 14.0 Å². The Hall–Kier alpha value is -1.88. The number of aryl methyl sites for hydroxylation is 1. The van der Waals surface area contributed by atoms with Crippen molar-refractivity contribution in [2.24, 2.45) is 4.99 Å². The number of halogens is 1. The van der Waals surface area contributed by atoms with Crippen LogP contribution in [0.5, 0.6) is 5.75 Å². The van der Waals surface area contributed by atoms with Crippen molar-refractivity contribution >= 4 is 29.9 Å². The molecule has 2 aromatic rings. The van der Waals surface area contributed by atoms with Gasteiger partial charge in [-0.15, -0.1) is 24.0 Å². The lowest BCUT2D eigenvalue weighted by Crippen LogP contribution is -2.36. The molecule has 1 aromatic heterocycles. The van der Waals surface area contributed by atoms with Crippen LogP contribution in [0.15, 0.2) is 27.7 Å². The van der Waals surface area contributed by atoms with Gasteiger partial charge in [-0.3, -0.25) is 4.99 Å². The first-order valence-corrected chi connectivity index (χ1v) is 9.57. The third kappa shape index (κ3) is 8.17. The molecule has 0 bridgehead atoms. The smallest absolute Gasteiger partial charge is 0.246 e. The largest absolute Gasteiger partial charge is 0.491 e. The van der Waals surface area contributed by atoms with Crippen LogP contribution in [-0.2, 0) is 17.8 Å². The zero-order valence-electron chi connectivity index (χ0n) is 18.0. The van der Waals surface area contributed by atoms with E-state index in [0.717, 1.165) is 16.9 Å². The zero-order valence-corrected chi connectivity index (χ0v) is 20.3. The lowest BCUT2D eigenvalue weighted by molar-refractivity contribution is 0.0683. The maximum Gasteiger partial charge on any atom is 0.246 e. The van der Waals surface area contributed by atoms with Crippen LogP contribution in [0.2, 0.25) is 0 Å². The van der Waals surface area contributed by atoms with Crippen LogP contribution in [0.1, 0.15) is 56.6 Å². The van der Waals surface area contributed by atoms with Crippen molar-refractivity contribution in [2.75, 3.05) is 13.7 Å². The molecule has 0 saturated carbocycles. The molecule has 1 aromatic carbocycles. The predicted octanol–water partition coefficient (Wildman–Crippen LogP) is 3.75. The second-order valence-electron chi connectivity index (χ2n) is 6.70. The minimum absolute atomic E-state index is 0. The van der Waals surface area contributed by atoms with E-state index in [2.05, 4.69) is 44.8 Å². The lowest BCUT2D eigenvalue weighted by Gasteiger charge is -2.16. The summed E-state index contributed by atoms with van der Waals surface area (Å²) in [4.78, 5) is 8.58. The molecule has 0 aliphatic carbocycles. The van der Waals surface area contributed by atoms with E-state index in [0.29, 0.717) is 37.4 Å². The Kier molecular flexibility index (Phi) is 11.0. The van der Waals surface area contributed by atoms with Crippen LogP contribution < -0.4 is 15.4 Å². The van der Waals surface area contributed by atoms with Crippen LogP contribution in [0.4, 0.5) is 0 Å². The van der Waals surface area contributed by atoms with Gasteiger partial charge in [0.1, 0.15) is 11.9 Å². The maximum absolute atomic E-state index is 5.92. The van der Waals surface area contributed by atoms with Gasteiger partial charge >= 0.3 is 0 Å². The molecule has 0 fully saturated rings. The molecule has 0 radical (unpaired) electrons. The fraction of sp³-hybridized carbons (Fsp3) is 0.550. The quantitative estimate of drug-likeness (QED) is 0.297. The van der Waals surface area contributed by atoms with Crippen LogP contribution in [0.3, 0.4) is 0 Å². The van der Waals surface area contributed by atoms with E-state index in [-0.39, 0.29) is 36.2 Å². The molecule has 1 unspecified atom stereocenters. The molecular weight excluding hydrogens is 485 g/mol. The standard InChI is InChI=1S/C20H31N5O3.HI/c1-7-26-15(5)19-24-18(28-25-19)12-23-20(21-6)22-11-16-9-8-14(4)10-17(16)27-13(2)3;/h8-10,13,15H,7,11-12H2,1-6H3,(H2,21,22,23);1H. The van der Waals surface area contributed by atoms with Crippen molar-refractivity contribution in [1.29, 1.82) is 0 Å². The molecule has 1 heterocycles. The van der Waals surface area contributed by atoms with Crippen molar-refractivity contribution < 1.29 is 14.0 Å². The van der Waals surface area contributed by atoms with Crippen molar-refractivity contribution in [2.45, 2.75) is 59.9 Å². The first-order chi connectivity index (χ1) is 13.4. The summed E-state index contributed by atoms with van der Waals surface area (Å²) in [6.07, 6.45) is -0.0790. The van der Waals surface area contributed by atoms with E-state index >= 15 is 0 Å². The summed E-state index contributed by atoms with van der Waals surface area (Å²) in [6.45, 7) is 11.5. The Morgan fingerprint density at radius 3 is 2.59 bits per heavy atom. The van der Waals surface area contributed by atoms with Gasteiger partial charge in [0.2, 0.25) is 5.89 Å². The molecule has 29 heavy (non-hydrogen) atoms. The number of nitrogens with one attached hydrogen (secondary N) is 2. The lowest BCUT2D eigenvalue weighted by atomic mass is 10.1. The van der Waals surface area contributed by atoms with Gasteiger partial charge in [-0.1, -0.05) is 17.3 Å². The molecule has 2 rings (SSSR count). The number of rotatable bonds is 9. The fourth-order valence-corrected chi connectivity index (χ4v) is 2.56. The molecular formula is C20H32IN5O3. The second kappa shape index (κ2) is 12.6. The van der Waals surface area contributed by atoms with Crippen molar-refractivity contribution in [3.8, 4) is 5.75 Å². The zero-order chi connectivity index (χ0) is 20.5. The molecule has 0 aliphatic heterocycles. The summed E-state index contributed by atoms with van der Waals surface area (Å²) in [6, 6.07) is 6.18. The third-order valence-corrected chi connectivity index (χ3v) is 3.93. The summed E-state index contributed by atoms with van der Waals surface area (Å²) in [7, 11) is 1.71. The maximum atomic E-state index is 5.92.